The molecule has 8 heterocycles. The normalized spacial score (nSPS) is 12.1. The van der Waals surface area contributed by atoms with Gasteiger partial charge in [-0.05, 0) is 77.4 Å². The second-order valence-electron chi connectivity index (χ2n) is 25.9. The Kier molecular flexibility index (Phi) is 12.5. The summed E-state index contributed by atoms with van der Waals surface area (Å²) < 4.78 is 27.0. The third kappa shape index (κ3) is 8.93. The topological polar surface area (TPSA) is 117 Å². The van der Waals surface area contributed by atoms with Gasteiger partial charge in [0.25, 0.3) is 0 Å². The number of hydrogen-bond acceptors (Lipinski definition) is 12. The second kappa shape index (κ2) is 22.3. The molecule has 0 amide bonds. The molecule has 474 valence electrons. The van der Waals surface area contributed by atoms with Crippen LogP contribution in [0.3, 0.4) is 0 Å². The van der Waals surface area contributed by atoms with Crippen molar-refractivity contribution >= 4 is 160 Å². The SMILES string of the molecule is c1ccc(-c2nc(-c3ccc4c(c3)sc3ccc(-c5cccc6c5oc5ccccc56)cc34)nc(-c3ccc(-c4cccc5c4sc4cccc(-c6nc(-c7ccccc7)nc(-c7ccc8c(c7)sc7cc(-c9cccc%10c9oc9ccccc9%10)ccc78)n6)c45)c4c3oc3ccccc34)n2)cc1. The van der Waals surface area contributed by atoms with Gasteiger partial charge in [0.2, 0.25) is 0 Å². The number of thiophene rings is 3. The Morgan fingerprint density at radius 1 is 0.196 bits per heavy atom. The Balaban J connectivity index is 0.654. The molecule has 102 heavy (non-hydrogen) atoms. The van der Waals surface area contributed by atoms with Crippen LogP contribution in [0.1, 0.15) is 0 Å². The molecule has 0 bridgehead atoms. The van der Waals surface area contributed by atoms with E-state index in [1.165, 1.54) is 30.9 Å². The maximum absolute atomic E-state index is 7.06. The maximum atomic E-state index is 7.06. The average molecular weight is 1360 g/mol. The van der Waals surface area contributed by atoms with Gasteiger partial charge in [-0.25, -0.2) is 29.9 Å². The second-order valence-corrected chi connectivity index (χ2v) is 29.1. The van der Waals surface area contributed by atoms with Crippen molar-refractivity contribution < 1.29 is 13.3 Å². The summed E-state index contributed by atoms with van der Waals surface area (Å²) in [7, 11) is 0. The Morgan fingerprint density at radius 2 is 0.618 bits per heavy atom. The molecule has 0 saturated carbocycles. The lowest BCUT2D eigenvalue weighted by Crippen LogP contribution is -2.00. The van der Waals surface area contributed by atoms with Gasteiger partial charge in [-0.15, -0.1) is 34.0 Å². The van der Waals surface area contributed by atoms with Crippen LogP contribution in [-0.2, 0) is 0 Å². The lowest BCUT2D eigenvalue weighted by atomic mass is 9.95. The van der Waals surface area contributed by atoms with E-state index in [2.05, 4.69) is 206 Å². The van der Waals surface area contributed by atoms with Crippen molar-refractivity contribution in [3.8, 4) is 102 Å². The van der Waals surface area contributed by atoms with E-state index in [1.54, 1.807) is 34.0 Å². The van der Waals surface area contributed by atoms with E-state index in [0.29, 0.717) is 40.5 Å². The van der Waals surface area contributed by atoms with Crippen LogP contribution in [0.2, 0.25) is 0 Å². The highest BCUT2D eigenvalue weighted by Crippen LogP contribution is 2.50. The van der Waals surface area contributed by atoms with Gasteiger partial charge >= 0.3 is 0 Å². The predicted molar refractivity (Wildman–Crippen MR) is 423 cm³/mol. The molecule has 14 aromatic carbocycles. The quantitative estimate of drug-likeness (QED) is 0.139. The third-order valence-corrected chi connectivity index (χ3v) is 23.5. The Bertz CT molecular complexity index is 7290. The molecule has 0 N–H and O–H groups in total. The minimum absolute atomic E-state index is 0.512. The highest BCUT2D eigenvalue weighted by molar-refractivity contribution is 7.27. The minimum Gasteiger partial charge on any atom is -0.455 e. The Morgan fingerprint density at radius 3 is 1.24 bits per heavy atom. The summed E-state index contributed by atoms with van der Waals surface area (Å²) in [5.41, 5.74) is 16.8. The van der Waals surface area contributed by atoms with Crippen molar-refractivity contribution in [1.29, 1.82) is 0 Å². The zero-order valence-corrected chi connectivity index (χ0v) is 56.3. The van der Waals surface area contributed by atoms with Crippen LogP contribution < -0.4 is 0 Å². The van der Waals surface area contributed by atoms with Crippen LogP contribution >= 0.6 is 34.0 Å². The molecule has 0 aliphatic carbocycles. The fourth-order valence-electron chi connectivity index (χ4n) is 15.3. The fourth-order valence-corrected chi connectivity index (χ4v) is 18.8. The van der Waals surface area contributed by atoms with Gasteiger partial charge in [0.15, 0.2) is 34.9 Å². The number of para-hydroxylation sites is 5. The van der Waals surface area contributed by atoms with Crippen molar-refractivity contribution in [2.24, 2.45) is 0 Å². The minimum atomic E-state index is 0.512. The van der Waals surface area contributed by atoms with Crippen LogP contribution in [0.25, 0.3) is 228 Å². The van der Waals surface area contributed by atoms with Gasteiger partial charge in [0.1, 0.15) is 33.5 Å². The number of benzene rings is 14. The summed E-state index contributed by atoms with van der Waals surface area (Å²) in [4.78, 5) is 32.0. The lowest BCUT2D eigenvalue weighted by Gasteiger charge is -2.11. The monoisotopic (exact) mass is 1360 g/mol. The predicted octanol–water partition coefficient (Wildman–Crippen LogP) is 25.9. The van der Waals surface area contributed by atoms with Gasteiger partial charge in [0, 0.05) is 137 Å². The number of fused-ring (bicyclic) bond motifs is 18. The Labute approximate surface area is 592 Å². The van der Waals surface area contributed by atoms with E-state index in [-0.39, 0.29) is 0 Å². The van der Waals surface area contributed by atoms with Crippen LogP contribution in [0, 0.1) is 0 Å². The van der Waals surface area contributed by atoms with Crippen LogP contribution in [-0.4, -0.2) is 29.9 Å². The molecule has 0 fully saturated rings. The fraction of sp³-hybridized carbons (Fsp3) is 0. The van der Waals surface area contributed by atoms with Gasteiger partial charge in [-0.1, -0.05) is 231 Å². The van der Waals surface area contributed by atoms with Gasteiger partial charge < -0.3 is 13.3 Å². The molecule has 0 aliphatic rings. The van der Waals surface area contributed by atoms with Crippen LogP contribution in [0.15, 0.2) is 304 Å². The van der Waals surface area contributed by atoms with Gasteiger partial charge in [-0.3, -0.25) is 0 Å². The molecular weight excluding hydrogens is 1310 g/mol. The summed E-state index contributed by atoms with van der Waals surface area (Å²) in [5.74, 6) is 3.45. The van der Waals surface area contributed by atoms with Crippen molar-refractivity contribution in [3.05, 3.63) is 291 Å². The van der Waals surface area contributed by atoms with Crippen LogP contribution in [0.4, 0.5) is 0 Å². The van der Waals surface area contributed by atoms with E-state index in [4.69, 9.17) is 43.2 Å². The first-order chi connectivity index (χ1) is 50.5. The van der Waals surface area contributed by atoms with Crippen molar-refractivity contribution in [1.82, 2.24) is 29.9 Å². The largest absolute Gasteiger partial charge is 0.455 e. The summed E-state index contributed by atoms with van der Waals surface area (Å²) in [5, 5.41) is 13.4. The number of nitrogens with zero attached hydrogens (tertiary/aromatic N) is 6. The van der Waals surface area contributed by atoms with Gasteiger partial charge in [-0.2, -0.15) is 0 Å². The molecule has 0 unspecified atom stereocenters. The van der Waals surface area contributed by atoms with Crippen molar-refractivity contribution in [2.75, 3.05) is 0 Å². The van der Waals surface area contributed by atoms with Crippen molar-refractivity contribution in [2.45, 2.75) is 0 Å². The summed E-state index contributed by atoms with van der Waals surface area (Å²) >= 11 is 5.32. The number of rotatable bonds is 9. The molecule has 0 radical (unpaired) electrons. The number of hydrogen-bond donors (Lipinski definition) is 0. The van der Waals surface area contributed by atoms with Crippen LogP contribution in [0.5, 0.6) is 0 Å². The summed E-state index contributed by atoms with van der Waals surface area (Å²) in [6.07, 6.45) is 0. The molecule has 22 rings (SSSR count). The molecule has 0 saturated heterocycles. The average Bonchev–Trinajstić information content (AvgIpc) is 1.56. The highest BCUT2D eigenvalue weighted by Gasteiger charge is 2.26. The van der Waals surface area contributed by atoms with Crippen molar-refractivity contribution in [3.63, 3.8) is 0 Å². The Hall–Kier alpha value is -12.8. The molecule has 0 atom stereocenters. The zero-order valence-electron chi connectivity index (χ0n) is 53.8. The maximum Gasteiger partial charge on any atom is 0.167 e. The zero-order chi connectivity index (χ0) is 66.7. The van der Waals surface area contributed by atoms with Gasteiger partial charge in [0.05, 0.1) is 5.56 Å². The number of aromatic nitrogens is 6. The summed E-state index contributed by atoms with van der Waals surface area (Å²) in [6, 6.07) is 102. The molecule has 12 heteroatoms. The molecule has 0 spiro atoms. The first-order valence-electron chi connectivity index (χ1n) is 33.8. The molecular formula is C90H48N6O3S3. The lowest BCUT2D eigenvalue weighted by molar-refractivity contribution is 0.669. The first kappa shape index (κ1) is 57.1. The smallest absolute Gasteiger partial charge is 0.167 e. The third-order valence-electron chi connectivity index (χ3n) is 20.0. The standard InChI is InChI=1S/C90H48N6O3S3/c1-3-17-49(18-4-1)85-91-87(53-36-40-60-59-39-35-52(46-76(59)101-77(60)47-53)56-25-14-27-64-58-22-8-11-32-72(58)98-82(56)64)95-89(93-85)68-30-16-34-75-79(68)67-29-15-28-65(84(67)102-75)62-42-43-69(83-80(62)66-23-9-12-33-73(66)99-83)90-94-86(50-19-5-2-6-20-50)92-88(96-90)54-37-41-61-70-45-51(38-44-74(70)100-78(61)48-54)55-24-13-26-63-57-21-7-10-31-71(57)97-81(55)63/h1-48H. The highest BCUT2D eigenvalue weighted by atomic mass is 32.1. The van der Waals surface area contributed by atoms with E-state index >= 15 is 0 Å². The molecule has 22 aromatic rings. The summed E-state index contributed by atoms with van der Waals surface area (Å²) in [6.45, 7) is 0. The molecule has 8 aromatic heterocycles. The molecule has 0 aliphatic heterocycles. The first-order valence-corrected chi connectivity index (χ1v) is 36.2. The van der Waals surface area contributed by atoms with E-state index in [0.717, 1.165) is 157 Å². The van der Waals surface area contributed by atoms with E-state index < -0.39 is 0 Å². The van der Waals surface area contributed by atoms with E-state index in [9.17, 15) is 0 Å². The molecule has 9 nitrogen and oxygen atoms in total. The van der Waals surface area contributed by atoms with E-state index in [1.807, 2.05) is 84.9 Å². The number of furan rings is 3.